The standard InChI is InChI=1S/C18H35O/c1-2-3-4-5-6-7-8-9-10-11-12-13-14-15-16-17-18-19/h1-2,19H,3-18H2. The number of hydrogen-bond donors (Lipinski definition) is 1. The van der Waals surface area contributed by atoms with Crippen LogP contribution >= 0.6 is 0 Å². The van der Waals surface area contributed by atoms with Crippen LogP contribution in [0.2, 0.25) is 0 Å². The zero-order chi connectivity index (χ0) is 14.0. The first-order valence-corrected chi connectivity index (χ1v) is 8.56. The van der Waals surface area contributed by atoms with Crippen LogP contribution in [-0.2, 0) is 0 Å². The molecule has 0 fully saturated rings. The zero-order valence-corrected chi connectivity index (χ0v) is 12.9. The first kappa shape index (κ1) is 18.7. The second-order valence-electron chi connectivity index (χ2n) is 5.70. The Bertz CT molecular complexity index is 165. The minimum atomic E-state index is 0.366. The Hall–Kier alpha value is -0.300. The fraction of sp³-hybridized carbons (Fsp3) is 0.889. The van der Waals surface area contributed by atoms with Gasteiger partial charge in [-0.15, -0.1) is 0 Å². The van der Waals surface area contributed by atoms with Crippen LogP contribution in [0.4, 0.5) is 0 Å². The number of aliphatic hydroxyl groups is 1. The molecule has 1 N–H and O–H groups in total. The summed E-state index contributed by atoms with van der Waals surface area (Å²) >= 11 is 0. The van der Waals surface area contributed by atoms with Crippen LogP contribution in [0.15, 0.2) is 6.08 Å². The monoisotopic (exact) mass is 267 g/mol. The van der Waals surface area contributed by atoms with Gasteiger partial charge in [-0.3, -0.25) is 0 Å². The molecule has 0 aliphatic carbocycles. The van der Waals surface area contributed by atoms with Crippen LogP contribution in [0.1, 0.15) is 96.3 Å². The number of unbranched alkanes of at least 4 members (excludes halogenated alkanes) is 14. The average Bonchev–Trinajstić information content (AvgIpc) is 2.43. The highest BCUT2D eigenvalue weighted by atomic mass is 16.2. The average molecular weight is 267 g/mol. The number of aliphatic hydroxyl groups excluding tert-OH is 1. The molecule has 113 valence electrons. The zero-order valence-electron chi connectivity index (χ0n) is 12.9. The van der Waals surface area contributed by atoms with Crippen molar-refractivity contribution in [3.8, 4) is 0 Å². The van der Waals surface area contributed by atoms with Gasteiger partial charge in [-0.25, -0.2) is 0 Å². The van der Waals surface area contributed by atoms with Crippen LogP contribution in [-0.4, -0.2) is 11.7 Å². The van der Waals surface area contributed by atoms with Crippen molar-refractivity contribution in [3.63, 3.8) is 0 Å². The minimum absolute atomic E-state index is 0.366. The molecule has 0 heterocycles. The van der Waals surface area contributed by atoms with E-state index < -0.39 is 0 Å². The fourth-order valence-electron chi connectivity index (χ4n) is 2.50. The van der Waals surface area contributed by atoms with Crippen LogP contribution in [0.3, 0.4) is 0 Å². The van der Waals surface area contributed by atoms with E-state index in [1.54, 1.807) is 6.08 Å². The summed E-state index contributed by atoms with van der Waals surface area (Å²) in [5.41, 5.74) is 0. The summed E-state index contributed by atoms with van der Waals surface area (Å²) in [6.45, 7) is 5.71. The molecule has 0 aromatic carbocycles. The molecule has 0 bridgehead atoms. The Labute approximate surface area is 121 Å². The van der Waals surface area contributed by atoms with Gasteiger partial charge in [0.1, 0.15) is 0 Å². The second-order valence-corrected chi connectivity index (χ2v) is 5.70. The SMILES string of the molecule is [CH]=CCCCCCCCCCCCCCCCCO. The maximum absolute atomic E-state index is 8.66. The van der Waals surface area contributed by atoms with Crippen molar-refractivity contribution in [3.05, 3.63) is 12.7 Å². The lowest BCUT2D eigenvalue weighted by atomic mass is 10.0. The van der Waals surface area contributed by atoms with Gasteiger partial charge in [0.05, 0.1) is 0 Å². The smallest absolute Gasteiger partial charge is 0.0431 e. The van der Waals surface area contributed by atoms with Gasteiger partial charge in [-0.05, 0) is 19.3 Å². The normalized spacial score (nSPS) is 10.8. The Morgan fingerprint density at radius 3 is 1.16 bits per heavy atom. The second kappa shape index (κ2) is 17.7. The summed E-state index contributed by atoms with van der Waals surface area (Å²) in [4.78, 5) is 0. The molecule has 0 unspecified atom stereocenters. The lowest BCUT2D eigenvalue weighted by Gasteiger charge is -2.03. The molecule has 0 aromatic heterocycles. The lowest BCUT2D eigenvalue weighted by Crippen LogP contribution is -1.85. The van der Waals surface area contributed by atoms with Gasteiger partial charge >= 0.3 is 0 Å². The first-order chi connectivity index (χ1) is 9.41. The predicted octanol–water partition coefficient (Wildman–Crippen LogP) is 5.82. The summed E-state index contributed by atoms with van der Waals surface area (Å²) in [5.74, 6) is 0. The first-order valence-electron chi connectivity index (χ1n) is 8.56. The molecule has 0 atom stereocenters. The molecule has 0 amide bonds. The molecule has 1 radical (unpaired) electrons. The molecule has 0 saturated heterocycles. The van der Waals surface area contributed by atoms with Gasteiger partial charge in [0.25, 0.3) is 0 Å². The summed E-state index contributed by atoms with van der Waals surface area (Å²) in [6, 6.07) is 0. The van der Waals surface area contributed by atoms with E-state index in [9.17, 15) is 0 Å². The van der Waals surface area contributed by atoms with Crippen molar-refractivity contribution in [2.75, 3.05) is 6.61 Å². The Balaban J connectivity index is 2.89. The third-order valence-electron chi connectivity index (χ3n) is 3.78. The van der Waals surface area contributed by atoms with Crippen molar-refractivity contribution in [1.29, 1.82) is 0 Å². The Morgan fingerprint density at radius 1 is 0.526 bits per heavy atom. The van der Waals surface area contributed by atoms with Crippen molar-refractivity contribution < 1.29 is 5.11 Å². The van der Waals surface area contributed by atoms with Gasteiger partial charge in [0, 0.05) is 6.61 Å². The summed E-state index contributed by atoms with van der Waals surface area (Å²) in [6.07, 6.45) is 21.6. The summed E-state index contributed by atoms with van der Waals surface area (Å²) < 4.78 is 0. The van der Waals surface area contributed by atoms with Gasteiger partial charge in [-0.2, -0.15) is 0 Å². The predicted molar refractivity (Wildman–Crippen MR) is 85.2 cm³/mol. The van der Waals surface area contributed by atoms with Crippen molar-refractivity contribution in [2.24, 2.45) is 0 Å². The van der Waals surface area contributed by atoms with E-state index in [4.69, 9.17) is 11.7 Å². The van der Waals surface area contributed by atoms with E-state index in [0.717, 1.165) is 12.8 Å². The van der Waals surface area contributed by atoms with Crippen LogP contribution in [0, 0.1) is 6.58 Å². The van der Waals surface area contributed by atoms with Crippen molar-refractivity contribution >= 4 is 0 Å². The molecule has 0 aromatic rings. The summed E-state index contributed by atoms with van der Waals surface area (Å²) in [7, 11) is 0. The topological polar surface area (TPSA) is 20.2 Å². The van der Waals surface area contributed by atoms with Gasteiger partial charge in [-0.1, -0.05) is 89.7 Å². The van der Waals surface area contributed by atoms with Crippen LogP contribution in [0.5, 0.6) is 0 Å². The maximum atomic E-state index is 8.66. The largest absolute Gasteiger partial charge is 0.396 e. The molecule has 0 spiro atoms. The third kappa shape index (κ3) is 17.7. The lowest BCUT2D eigenvalue weighted by molar-refractivity contribution is 0.282. The molecule has 19 heavy (non-hydrogen) atoms. The van der Waals surface area contributed by atoms with E-state index in [1.165, 1.54) is 83.5 Å². The highest BCUT2D eigenvalue weighted by Gasteiger charge is 1.93. The third-order valence-corrected chi connectivity index (χ3v) is 3.78. The van der Waals surface area contributed by atoms with E-state index >= 15 is 0 Å². The van der Waals surface area contributed by atoms with E-state index in [2.05, 4.69) is 0 Å². The molecule has 0 aliphatic rings. The molecule has 1 nitrogen and oxygen atoms in total. The van der Waals surface area contributed by atoms with E-state index in [-0.39, 0.29) is 0 Å². The van der Waals surface area contributed by atoms with E-state index in [1.807, 2.05) is 0 Å². The Morgan fingerprint density at radius 2 is 0.842 bits per heavy atom. The van der Waals surface area contributed by atoms with Crippen molar-refractivity contribution in [2.45, 2.75) is 96.3 Å². The van der Waals surface area contributed by atoms with Crippen molar-refractivity contribution in [1.82, 2.24) is 0 Å². The quantitative estimate of drug-likeness (QED) is 0.349. The molecular weight excluding hydrogens is 232 g/mol. The maximum Gasteiger partial charge on any atom is 0.0431 e. The molecule has 0 saturated carbocycles. The van der Waals surface area contributed by atoms with Crippen LogP contribution < -0.4 is 0 Å². The number of allylic oxidation sites excluding steroid dienone is 1. The van der Waals surface area contributed by atoms with Gasteiger partial charge in [0.2, 0.25) is 0 Å². The van der Waals surface area contributed by atoms with Gasteiger partial charge < -0.3 is 5.11 Å². The summed E-state index contributed by atoms with van der Waals surface area (Å²) in [5, 5.41) is 8.66. The Kier molecular flexibility index (Phi) is 17.4. The number of hydrogen-bond acceptors (Lipinski definition) is 1. The highest BCUT2D eigenvalue weighted by molar-refractivity contribution is 4.61. The molecule has 0 aliphatic heterocycles. The number of rotatable bonds is 16. The molecular formula is C18H35O. The van der Waals surface area contributed by atoms with E-state index in [0.29, 0.717) is 6.61 Å². The van der Waals surface area contributed by atoms with Crippen LogP contribution in [0.25, 0.3) is 0 Å². The highest BCUT2D eigenvalue weighted by Crippen LogP contribution is 2.13. The molecule has 0 rings (SSSR count). The molecule has 1 heteroatoms. The fourth-order valence-corrected chi connectivity index (χ4v) is 2.50. The minimum Gasteiger partial charge on any atom is -0.396 e. The van der Waals surface area contributed by atoms with Gasteiger partial charge in [0.15, 0.2) is 0 Å².